The van der Waals surface area contributed by atoms with Crippen LogP contribution in [0.15, 0.2) is 84.9 Å². The van der Waals surface area contributed by atoms with E-state index in [0.29, 0.717) is 0 Å². The van der Waals surface area contributed by atoms with Crippen molar-refractivity contribution in [3.63, 3.8) is 0 Å². The average molecular weight is 517 g/mol. The quantitative estimate of drug-likeness (QED) is 0.230. The fourth-order valence-corrected chi connectivity index (χ4v) is 7.04. The van der Waals surface area contributed by atoms with E-state index in [4.69, 9.17) is 11.5 Å². The topological polar surface area (TPSA) is 52.0 Å². The summed E-state index contributed by atoms with van der Waals surface area (Å²) >= 11 is 0. The molecule has 1 fully saturated rings. The van der Waals surface area contributed by atoms with E-state index in [1.807, 2.05) is 24.3 Å². The van der Waals surface area contributed by atoms with E-state index in [9.17, 15) is 0 Å². The highest BCUT2D eigenvalue weighted by molar-refractivity contribution is 5.50. The number of rotatable bonds is 8. The first-order valence-corrected chi connectivity index (χ1v) is 14.7. The van der Waals surface area contributed by atoms with Crippen LogP contribution in [0, 0.1) is 19.8 Å². The van der Waals surface area contributed by atoms with Crippen molar-refractivity contribution in [2.24, 2.45) is 5.92 Å². The van der Waals surface area contributed by atoms with Crippen molar-refractivity contribution in [3.8, 4) is 0 Å². The number of benzene rings is 4. The van der Waals surface area contributed by atoms with E-state index in [0.717, 1.165) is 30.1 Å². The van der Waals surface area contributed by atoms with Crippen LogP contribution in [0.5, 0.6) is 0 Å². The van der Waals surface area contributed by atoms with Crippen molar-refractivity contribution in [1.82, 2.24) is 0 Å². The zero-order valence-electron chi connectivity index (χ0n) is 24.0. The maximum Gasteiger partial charge on any atom is 0.0314 e. The van der Waals surface area contributed by atoms with E-state index in [1.165, 1.54) is 83.0 Å². The SMILES string of the molecule is CCCC1CCC(c2ccc(Cc3ccc(N)cc3)cc2C)(c2ccc(Cc3ccc(N)cc3)cc2C)CC1. The molecule has 0 radical (unpaired) electrons. The first-order valence-electron chi connectivity index (χ1n) is 14.7. The Bertz CT molecular complexity index is 1290. The van der Waals surface area contributed by atoms with Gasteiger partial charge in [-0.05, 0) is 127 Å². The summed E-state index contributed by atoms with van der Waals surface area (Å²) in [4.78, 5) is 0. The summed E-state index contributed by atoms with van der Waals surface area (Å²) in [5.74, 6) is 0.860. The van der Waals surface area contributed by atoms with Gasteiger partial charge in [0.25, 0.3) is 0 Å². The minimum absolute atomic E-state index is 0.0812. The first kappa shape index (κ1) is 27.1. The third-order valence-electron chi connectivity index (χ3n) is 9.04. The highest BCUT2D eigenvalue weighted by Crippen LogP contribution is 2.49. The molecule has 5 rings (SSSR count). The Morgan fingerprint density at radius 1 is 0.615 bits per heavy atom. The molecule has 4 aromatic rings. The molecule has 2 nitrogen and oxygen atoms in total. The molecule has 0 amide bonds. The Labute approximate surface area is 235 Å². The summed E-state index contributed by atoms with van der Waals surface area (Å²) in [7, 11) is 0. The van der Waals surface area contributed by atoms with E-state index < -0.39 is 0 Å². The van der Waals surface area contributed by atoms with Gasteiger partial charge in [0.15, 0.2) is 0 Å². The molecule has 39 heavy (non-hydrogen) atoms. The molecule has 1 aliphatic carbocycles. The molecule has 1 aliphatic rings. The molecule has 0 saturated heterocycles. The summed E-state index contributed by atoms with van der Waals surface area (Å²) in [6, 6.07) is 31.1. The van der Waals surface area contributed by atoms with Crippen LogP contribution in [-0.2, 0) is 18.3 Å². The van der Waals surface area contributed by atoms with E-state index in [-0.39, 0.29) is 5.41 Å². The van der Waals surface area contributed by atoms with Gasteiger partial charge in [-0.25, -0.2) is 0 Å². The molecule has 4 N–H and O–H groups in total. The van der Waals surface area contributed by atoms with E-state index in [2.05, 4.69) is 81.4 Å². The van der Waals surface area contributed by atoms with Gasteiger partial charge in [-0.1, -0.05) is 80.4 Å². The number of anilines is 2. The second kappa shape index (κ2) is 11.7. The second-order valence-corrected chi connectivity index (χ2v) is 11.9. The lowest BCUT2D eigenvalue weighted by Gasteiger charge is -2.43. The average Bonchev–Trinajstić information content (AvgIpc) is 2.92. The van der Waals surface area contributed by atoms with Crippen LogP contribution in [0.4, 0.5) is 11.4 Å². The Morgan fingerprint density at radius 3 is 1.41 bits per heavy atom. The smallest absolute Gasteiger partial charge is 0.0314 e. The molecule has 0 aromatic heterocycles. The van der Waals surface area contributed by atoms with Crippen LogP contribution >= 0.6 is 0 Å². The minimum atomic E-state index is 0.0812. The molecule has 0 aliphatic heterocycles. The Balaban J connectivity index is 1.47. The van der Waals surface area contributed by atoms with Crippen molar-refractivity contribution in [1.29, 1.82) is 0 Å². The lowest BCUT2D eigenvalue weighted by atomic mass is 9.61. The Kier molecular flexibility index (Phi) is 8.12. The molecule has 2 heteroatoms. The number of nitrogens with two attached hydrogens (primary N) is 2. The summed E-state index contributed by atoms with van der Waals surface area (Å²) in [5, 5.41) is 0. The number of aryl methyl sites for hydroxylation is 2. The summed E-state index contributed by atoms with van der Waals surface area (Å²) in [6.45, 7) is 6.98. The van der Waals surface area contributed by atoms with E-state index in [1.54, 1.807) is 0 Å². The molecular formula is C37H44N2. The first-order chi connectivity index (χ1) is 18.9. The van der Waals surface area contributed by atoms with Crippen LogP contribution in [0.3, 0.4) is 0 Å². The predicted molar refractivity (Wildman–Crippen MR) is 167 cm³/mol. The van der Waals surface area contributed by atoms with E-state index >= 15 is 0 Å². The monoisotopic (exact) mass is 516 g/mol. The maximum atomic E-state index is 5.91. The van der Waals surface area contributed by atoms with Crippen molar-refractivity contribution >= 4 is 11.4 Å². The molecule has 0 spiro atoms. The fourth-order valence-electron chi connectivity index (χ4n) is 7.04. The van der Waals surface area contributed by atoms with Crippen molar-refractivity contribution in [2.75, 3.05) is 11.5 Å². The molecule has 0 atom stereocenters. The van der Waals surface area contributed by atoms with Crippen LogP contribution in [0.25, 0.3) is 0 Å². The highest BCUT2D eigenvalue weighted by atomic mass is 14.5. The molecule has 202 valence electrons. The van der Waals surface area contributed by atoms with Gasteiger partial charge in [0, 0.05) is 16.8 Å². The van der Waals surface area contributed by atoms with Gasteiger partial charge in [0.1, 0.15) is 0 Å². The molecule has 0 bridgehead atoms. The lowest BCUT2D eigenvalue weighted by Crippen LogP contribution is -2.34. The number of hydrogen-bond donors (Lipinski definition) is 2. The van der Waals surface area contributed by atoms with Gasteiger partial charge >= 0.3 is 0 Å². The highest BCUT2D eigenvalue weighted by Gasteiger charge is 2.40. The molecule has 4 aromatic carbocycles. The summed E-state index contributed by atoms with van der Waals surface area (Å²) < 4.78 is 0. The molecule has 0 heterocycles. The third-order valence-corrected chi connectivity index (χ3v) is 9.04. The van der Waals surface area contributed by atoms with Crippen molar-refractivity contribution in [2.45, 2.75) is 77.6 Å². The molecular weight excluding hydrogens is 472 g/mol. The summed E-state index contributed by atoms with van der Waals surface area (Å²) in [6.07, 6.45) is 9.60. The van der Waals surface area contributed by atoms with Gasteiger partial charge in [0.05, 0.1) is 0 Å². The van der Waals surface area contributed by atoms with Crippen LogP contribution in [0.1, 0.15) is 90.0 Å². The third kappa shape index (κ3) is 6.06. The standard InChI is InChI=1S/C37H44N2/c1-4-5-28-18-20-37(21-19-28,35-16-10-31(22-26(35)2)24-29-6-12-33(38)13-7-29)36-17-11-32(23-27(36)3)25-30-8-14-34(39)15-9-30/h6-17,22-23,28H,4-5,18-21,24-25,38-39H2,1-3H3. The largest absolute Gasteiger partial charge is 0.399 e. The number of hydrogen-bond acceptors (Lipinski definition) is 2. The minimum Gasteiger partial charge on any atom is -0.399 e. The van der Waals surface area contributed by atoms with Gasteiger partial charge in [-0.15, -0.1) is 0 Å². The molecule has 0 unspecified atom stereocenters. The van der Waals surface area contributed by atoms with Crippen LogP contribution < -0.4 is 11.5 Å². The van der Waals surface area contributed by atoms with Gasteiger partial charge < -0.3 is 11.5 Å². The van der Waals surface area contributed by atoms with Crippen LogP contribution in [0.2, 0.25) is 0 Å². The Morgan fingerprint density at radius 2 is 1.03 bits per heavy atom. The van der Waals surface area contributed by atoms with Crippen molar-refractivity contribution < 1.29 is 0 Å². The molecule has 1 saturated carbocycles. The normalized spacial score (nSPS) is 15.4. The lowest BCUT2D eigenvalue weighted by molar-refractivity contribution is 0.252. The Hall–Kier alpha value is -3.52. The summed E-state index contributed by atoms with van der Waals surface area (Å²) in [5.41, 5.74) is 24.8. The van der Waals surface area contributed by atoms with Crippen molar-refractivity contribution in [3.05, 3.63) is 129 Å². The maximum absolute atomic E-state index is 5.91. The second-order valence-electron chi connectivity index (χ2n) is 11.9. The predicted octanol–water partition coefficient (Wildman–Crippen LogP) is 8.93. The fraction of sp³-hybridized carbons (Fsp3) is 0.351. The number of nitrogen functional groups attached to an aromatic ring is 2. The van der Waals surface area contributed by atoms with Gasteiger partial charge in [-0.3, -0.25) is 0 Å². The zero-order valence-corrected chi connectivity index (χ0v) is 24.0. The van der Waals surface area contributed by atoms with Crippen LogP contribution in [-0.4, -0.2) is 0 Å². The van der Waals surface area contributed by atoms with Gasteiger partial charge in [0.2, 0.25) is 0 Å². The van der Waals surface area contributed by atoms with Gasteiger partial charge in [-0.2, -0.15) is 0 Å². The zero-order chi connectivity index (χ0) is 27.4.